The van der Waals surface area contributed by atoms with E-state index in [2.05, 4.69) is 129 Å². The van der Waals surface area contributed by atoms with Crippen molar-refractivity contribution in [2.75, 3.05) is 31.6 Å². The van der Waals surface area contributed by atoms with Gasteiger partial charge in [0.05, 0.1) is 40.5 Å². The SMILES string of the molecule is CCCCCN1C=CC=c2c1ccc1c2=NC(=CC=C2CN(C)CC(C=CC3=Nc4c(ccc[n+]4CCCCCC(=O)O)C3(C)C)=C2Cl)C1(C)C. The molecule has 8 heteroatoms. The molecule has 268 valence electrons. The van der Waals surface area contributed by atoms with Crippen molar-refractivity contribution in [2.45, 2.75) is 96.9 Å². The summed E-state index contributed by atoms with van der Waals surface area (Å²) in [6.45, 7) is 14.6. The van der Waals surface area contributed by atoms with Gasteiger partial charge in [0.15, 0.2) is 5.71 Å². The standard InChI is InChI=1S/C43H52ClN5O2/c1-7-8-11-24-48-26-13-15-32-35(48)21-20-33-40(32)45-36(42(33,2)3)22-18-30-28-47(6)29-31(39(30)44)19-23-37-43(4,5)34-16-14-27-49(41(34)46-37)25-12-9-10-17-38(50)51/h13-16,18-23,26-27H,7-12,17,24-25,28-29H2,1-6H3/p+1. The molecule has 0 aliphatic carbocycles. The molecule has 1 N–H and O–H groups in total. The summed E-state index contributed by atoms with van der Waals surface area (Å²) >= 11 is 7.17. The number of likely N-dealkylation sites (N-methyl/N-ethyl adjacent to an activating group) is 1. The first-order valence-electron chi connectivity index (χ1n) is 18.6. The van der Waals surface area contributed by atoms with Gasteiger partial charge in [-0.25, -0.2) is 4.57 Å². The van der Waals surface area contributed by atoms with Gasteiger partial charge in [0, 0.05) is 47.9 Å². The molecule has 0 fully saturated rings. The highest BCUT2D eigenvalue weighted by Gasteiger charge is 2.42. The second-order valence-corrected chi connectivity index (χ2v) is 15.8. The molecule has 7 nitrogen and oxygen atoms in total. The Balaban J connectivity index is 1.25. The van der Waals surface area contributed by atoms with E-state index in [1.54, 1.807) is 0 Å². The van der Waals surface area contributed by atoms with Gasteiger partial charge in [0.25, 0.3) is 0 Å². The Morgan fingerprint density at radius 2 is 1.80 bits per heavy atom. The number of nitrogens with zero attached hydrogens (tertiary/aromatic N) is 5. The predicted molar refractivity (Wildman–Crippen MR) is 209 cm³/mol. The van der Waals surface area contributed by atoms with Crippen LogP contribution in [0.3, 0.4) is 0 Å². The minimum atomic E-state index is -0.733. The number of anilines is 1. The maximum absolute atomic E-state index is 10.9. The van der Waals surface area contributed by atoms with E-state index in [0.29, 0.717) is 6.42 Å². The number of hydrogen-bond donors (Lipinski definition) is 1. The average molecular weight is 707 g/mol. The van der Waals surface area contributed by atoms with Crippen molar-refractivity contribution in [3.63, 3.8) is 0 Å². The molecule has 0 saturated heterocycles. The number of pyridine rings is 1. The fraction of sp³-hybridized carbons (Fsp3) is 0.442. The molecule has 0 bridgehead atoms. The molecule has 0 atom stereocenters. The number of allylic oxidation sites excluding steroid dienone is 5. The van der Waals surface area contributed by atoms with E-state index in [4.69, 9.17) is 26.7 Å². The van der Waals surface area contributed by atoms with Crippen LogP contribution in [0.4, 0.5) is 11.5 Å². The molecule has 0 unspecified atom stereocenters. The van der Waals surface area contributed by atoms with Crippen molar-refractivity contribution < 1.29 is 14.5 Å². The van der Waals surface area contributed by atoms with Crippen LogP contribution < -0.4 is 20.0 Å². The zero-order valence-corrected chi connectivity index (χ0v) is 31.9. The molecule has 1 aromatic heterocycles. The molecule has 6 rings (SSSR count). The number of carboxylic acid groups (broad SMARTS) is 1. The number of hydrogen-bond acceptors (Lipinski definition) is 5. The number of halogens is 1. The Morgan fingerprint density at radius 3 is 2.59 bits per heavy atom. The first-order chi connectivity index (χ1) is 24.4. The van der Waals surface area contributed by atoms with Crippen molar-refractivity contribution in [3.05, 3.63) is 111 Å². The summed E-state index contributed by atoms with van der Waals surface area (Å²) in [4.78, 5) is 25.9. The third-order valence-electron chi connectivity index (χ3n) is 10.8. The highest BCUT2D eigenvalue weighted by molar-refractivity contribution is 6.32. The third-order valence-corrected chi connectivity index (χ3v) is 11.3. The van der Waals surface area contributed by atoms with E-state index < -0.39 is 5.97 Å². The fourth-order valence-electron chi connectivity index (χ4n) is 7.63. The lowest BCUT2D eigenvalue weighted by Crippen LogP contribution is -2.37. The zero-order valence-electron chi connectivity index (χ0n) is 31.2. The molecule has 4 aliphatic heterocycles. The number of aliphatic carboxylic acids is 1. The van der Waals surface area contributed by atoms with Crippen molar-refractivity contribution in [2.24, 2.45) is 9.98 Å². The summed E-state index contributed by atoms with van der Waals surface area (Å²) in [5, 5.41) is 12.0. The van der Waals surface area contributed by atoms with Gasteiger partial charge in [-0.2, -0.15) is 0 Å². The topological polar surface area (TPSA) is 72.4 Å². The van der Waals surface area contributed by atoms with Crippen molar-refractivity contribution >= 4 is 40.9 Å². The van der Waals surface area contributed by atoms with Gasteiger partial charge in [0.1, 0.15) is 0 Å². The van der Waals surface area contributed by atoms with Gasteiger partial charge in [-0.1, -0.05) is 63.4 Å². The van der Waals surface area contributed by atoms with Gasteiger partial charge in [-0.05, 0) is 111 Å². The molecule has 4 aliphatic rings. The minimum Gasteiger partial charge on any atom is -0.481 e. The molecule has 0 spiro atoms. The number of fused-ring (bicyclic) bond motifs is 4. The molecule has 0 saturated carbocycles. The van der Waals surface area contributed by atoms with Crippen LogP contribution in [0.25, 0.3) is 6.08 Å². The number of unbranched alkanes of at least 4 members (excludes halogenated alkanes) is 4. The number of aromatic nitrogens is 1. The number of aryl methyl sites for hydroxylation is 1. The van der Waals surface area contributed by atoms with Crippen molar-refractivity contribution in [1.29, 1.82) is 0 Å². The largest absolute Gasteiger partial charge is 0.481 e. The number of benzene rings is 1. The van der Waals surface area contributed by atoms with Gasteiger partial charge in [-0.15, -0.1) is 0 Å². The van der Waals surface area contributed by atoms with Crippen LogP contribution in [0.5, 0.6) is 0 Å². The summed E-state index contributed by atoms with van der Waals surface area (Å²) in [7, 11) is 2.13. The summed E-state index contributed by atoms with van der Waals surface area (Å²) in [5.74, 6) is 0.250. The van der Waals surface area contributed by atoms with Crippen LogP contribution in [-0.4, -0.2) is 48.4 Å². The second-order valence-electron chi connectivity index (χ2n) is 15.4. The molecular weight excluding hydrogens is 654 g/mol. The summed E-state index contributed by atoms with van der Waals surface area (Å²) < 4.78 is 2.20. The lowest BCUT2D eigenvalue weighted by molar-refractivity contribution is -0.684. The van der Waals surface area contributed by atoms with Crippen molar-refractivity contribution in [3.8, 4) is 0 Å². The van der Waals surface area contributed by atoms with Crippen LogP contribution in [0, 0.1) is 0 Å². The lowest BCUT2D eigenvalue weighted by Gasteiger charge is -2.26. The Bertz CT molecular complexity index is 2010. The van der Waals surface area contributed by atoms with E-state index >= 15 is 0 Å². The summed E-state index contributed by atoms with van der Waals surface area (Å²) in [5.41, 5.74) is 7.42. The summed E-state index contributed by atoms with van der Waals surface area (Å²) in [6, 6.07) is 8.79. The first kappa shape index (κ1) is 36.7. The zero-order chi connectivity index (χ0) is 36.3. The fourth-order valence-corrected chi connectivity index (χ4v) is 7.88. The second kappa shape index (κ2) is 15.3. The maximum Gasteiger partial charge on any atom is 0.327 e. The summed E-state index contributed by atoms with van der Waals surface area (Å²) in [6.07, 6.45) is 23.6. The monoisotopic (exact) mass is 706 g/mol. The van der Waals surface area contributed by atoms with Crippen LogP contribution in [0.15, 0.2) is 98.9 Å². The minimum absolute atomic E-state index is 0.220. The maximum atomic E-state index is 10.9. The molecule has 5 heterocycles. The normalized spacial score (nSPS) is 20.5. The number of carbonyl (C=O) groups is 1. The Labute approximate surface area is 308 Å². The molecule has 2 aromatic rings. The highest BCUT2D eigenvalue weighted by Crippen LogP contribution is 2.39. The Hall–Kier alpha value is -4.07. The van der Waals surface area contributed by atoms with Gasteiger partial charge < -0.3 is 10.0 Å². The van der Waals surface area contributed by atoms with E-state index in [0.717, 1.165) is 77.8 Å². The van der Waals surface area contributed by atoms with Gasteiger partial charge in [-0.3, -0.25) is 14.7 Å². The number of carboxylic acids is 1. The molecule has 0 amide bonds. The van der Waals surface area contributed by atoms with E-state index in [-0.39, 0.29) is 17.3 Å². The Kier molecular flexibility index (Phi) is 11.0. The van der Waals surface area contributed by atoms with Crippen LogP contribution in [0.1, 0.15) is 90.7 Å². The smallest absolute Gasteiger partial charge is 0.327 e. The molecular formula is C43H53ClN5O2+. The predicted octanol–water partition coefficient (Wildman–Crippen LogP) is 7.70. The highest BCUT2D eigenvalue weighted by atomic mass is 35.5. The van der Waals surface area contributed by atoms with Gasteiger partial charge in [0.2, 0.25) is 0 Å². The van der Waals surface area contributed by atoms with E-state index in [1.807, 2.05) is 0 Å². The number of rotatable bonds is 13. The average Bonchev–Trinajstić information content (AvgIpc) is 3.51. The van der Waals surface area contributed by atoms with Crippen LogP contribution in [-0.2, 0) is 22.2 Å². The Morgan fingerprint density at radius 1 is 0.980 bits per heavy atom. The third kappa shape index (κ3) is 7.61. The van der Waals surface area contributed by atoms with Crippen LogP contribution in [0.2, 0.25) is 0 Å². The lowest BCUT2D eigenvalue weighted by atomic mass is 9.82. The van der Waals surface area contributed by atoms with Crippen molar-refractivity contribution in [1.82, 2.24) is 4.90 Å². The molecule has 1 aromatic carbocycles. The molecule has 0 radical (unpaired) electrons. The molecule has 51 heavy (non-hydrogen) atoms. The number of aliphatic imine (C=N–C) groups is 1. The van der Waals surface area contributed by atoms with E-state index in [9.17, 15) is 4.79 Å². The van der Waals surface area contributed by atoms with Crippen LogP contribution >= 0.6 is 11.6 Å². The first-order valence-corrected chi connectivity index (χ1v) is 19.0. The van der Waals surface area contributed by atoms with Gasteiger partial charge >= 0.3 is 11.8 Å². The quantitative estimate of drug-likeness (QED) is 0.171. The van der Waals surface area contributed by atoms with E-state index in [1.165, 1.54) is 41.3 Å².